The molecule has 1 aromatic heterocycles. The summed E-state index contributed by atoms with van der Waals surface area (Å²) in [6, 6.07) is 4.41. The highest BCUT2D eigenvalue weighted by atomic mass is 16.5. The zero-order valence-electron chi connectivity index (χ0n) is 11.8. The van der Waals surface area contributed by atoms with Crippen molar-refractivity contribution in [3.63, 3.8) is 0 Å². The van der Waals surface area contributed by atoms with Crippen LogP contribution in [0, 0.1) is 0 Å². The summed E-state index contributed by atoms with van der Waals surface area (Å²) in [6.07, 6.45) is 6.89. The Morgan fingerprint density at radius 1 is 1.42 bits per heavy atom. The van der Waals surface area contributed by atoms with Crippen LogP contribution in [-0.4, -0.2) is 35.5 Å². The van der Waals surface area contributed by atoms with Crippen LogP contribution in [0.25, 0.3) is 0 Å². The summed E-state index contributed by atoms with van der Waals surface area (Å²) >= 11 is 0. The Kier molecular flexibility index (Phi) is 4.91. The van der Waals surface area contributed by atoms with Crippen molar-refractivity contribution in [3.05, 3.63) is 29.6 Å². The van der Waals surface area contributed by atoms with Gasteiger partial charge in [-0.05, 0) is 31.5 Å². The van der Waals surface area contributed by atoms with Gasteiger partial charge in [0.25, 0.3) is 0 Å². The summed E-state index contributed by atoms with van der Waals surface area (Å²) in [6.45, 7) is 4.11. The molecule has 1 aliphatic rings. The Morgan fingerprint density at radius 2 is 2.16 bits per heavy atom. The van der Waals surface area contributed by atoms with Crippen LogP contribution in [-0.2, 0) is 11.3 Å². The topological polar surface area (TPSA) is 42.4 Å². The molecule has 0 saturated heterocycles. The first-order chi connectivity index (χ1) is 9.24. The van der Waals surface area contributed by atoms with Crippen molar-refractivity contribution >= 4 is 5.97 Å². The lowest BCUT2D eigenvalue weighted by Crippen LogP contribution is -2.32. The molecule has 1 heterocycles. The molecule has 104 valence electrons. The first-order valence-electron chi connectivity index (χ1n) is 7.02. The maximum Gasteiger partial charge on any atom is 0.339 e. The van der Waals surface area contributed by atoms with E-state index in [1.165, 1.54) is 32.8 Å². The highest BCUT2D eigenvalue weighted by Crippen LogP contribution is 2.24. The average molecular weight is 262 g/mol. The van der Waals surface area contributed by atoms with E-state index in [0.29, 0.717) is 11.6 Å². The van der Waals surface area contributed by atoms with Gasteiger partial charge in [-0.25, -0.2) is 4.79 Å². The largest absolute Gasteiger partial charge is 0.465 e. The molecule has 1 aliphatic carbocycles. The number of carbonyl (C=O) groups is 1. The third kappa shape index (κ3) is 3.53. The molecule has 2 rings (SSSR count). The van der Waals surface area contributed by atoms with E-state index in [2.05, 4.69) is 21.5 Å². The fraction of sp³-hybridized carbons (Fsp3) is 0.600. The fourth-order valence-electron chi connectivity index (χ4n) is 2.73. The molecule has 0 aromatic carbocycles. The first kappa shape index (κ1) is 14.0. The molecule has 0 spiro atoms. The number of esters is 1. The number of hydrogen-bond donors (Lipinski definition) is 0. The Hall–Kier alpha value is -1.42. The van der Waals surface area contributed by atoms with Gasteiger partial charge >= 0.3 is 5.97 Å². The molecule has 1 saturated carbocycles. The van der Waals surface area contributed by atoms with Crippen molar-refractivity contribution in [3.8, 4) is 0 Å². The SMILES string of the molecule is CCN(Cc1ccc(C(=O)OC)cn1)C1CCCC1. The lowest BCUT2D eigenvalue weighted by molar-refractivity contribution is 0.0600. The quantitative estimate of drug-likeness (QED) is 0.765. The molecule has 0 aliphatic heterocycles. The molecule has 0 atom stereocenters. The summed E-state index contributed by atoms with van der Waals surface area (Å²) in [4.78, 5) is 18.2. The number of pyridine rings is 1. The molecule has 0 N–H and O–H groups in total. The van der Waals surface area contributed by atoms with Crippen molar-refractivity contribution < 1.29 is 9.53 Å². The predicted octanol–water partition coefficient (Wildman–Crippen LogP) is 2.63. The van der Waals surface area contributed by atoms with Gasteiger partial charge in [-0.3, -0.25) is 9.88 Å². The monoisotopic (exact) mass is 262 g/mol. The summed E-state index contributed by atoms with van der Waals surface area (Å²) in [5, 5.41) is 0. The summed E-state index contributed by atoms with van der Waals surface area (Å²) in [7, 11) is 1.38. The van der Waals surface area contributed by atoms with Crippen LogP contribution in [0.1, 0.15) is 48.7 Å². The standard InChI is InChI=1S/C15H22N2O2/c1-3-17(14-6-4-5-7-14)11-13-9-8-12(10-16-13)15(18)19-2/h8-10,14H,3-7,11H2,1-2H3. The Bertz CT molecular complexity index is 411. The second-order valence-corrected chi connectivity index (χ2v) is 5.03. The molecule has 0 unspecified atom stereocenters. The molecule has 1 fully saturated rings. The van der Waals surface area contributed by atoms with E-state index in [1.807, 2.05) is 6.07 Å². The smallest absolute Gasteiger partial charge is 0.339 e. The predicted molar refractivity (Wildman–Crippen MR) is 73.9 cm³/mol. The molecule has 4 heteroatoms. The number of aromatic nitrogens is 1. The van der Waals surface area contributed by atoms with Crippen LogP contribution < -0.4 is 0 Å². The Balaban J connectivity index is 1.99. The van der Waals surface area contributed by atoms with E-state index in [-0.39, 0.29) is 5.97 Å². The highest BCUT2D eigenvalue weighted by molar-refractivity contribution is 5.88. The van der Waals surface area contributed by atoms with Crippen LogP contribution in [0.15, 0.2) is 18.3 Å². The van der Waals surface area contributed by atoms with Crippen LogP contribution in [0.5, 0.6) is 0 Å². The molecule has 19 heavy (non-hydrogen) atoms. The van der Waals surface area contributed by atoms with Crippen molar-refractivity contribution in [1.29, 1.82) is 0 Å². The minimum Gasteiger partial charge on any atom is -0.465 e. The van der Waals surface area contributed by atoms with Gasteiger partial charge in [-0.2, -0.15) is 0 Å². The van der Waals surface area contributed by atoms with E-state index >= 15 is 0 Å². The molecule has 4 nitrogen and oxygen atoms in total. The van der Waals surface area contributed by atoms with Gasteiger partial charge in [-0.1, -0.05) is 19.8 Å². The van der Waals surface area contributed by atoms with Gasteiger partial charge in [0.2, 0.25) is 0 Å². The average Bonchev–Trinajstić information content (AvgIpc) is 2.98. The third-order valence-corrected chi connectivity index (χ3v) is 3.86. The van der Waals surface area contributed by atoms with Gasteiger partial charge in [0.1, 0.15) is 0 Å². The van der Waals surface area contributed by atoms with Crippen molar-refractivity contribution in [2.45, 2.75) is 45.2 Å². The van der Waals surface area contributed by atoms with Gasteiger partial charge in [0.05, 0.1) is 18.4 Å². The molecule has 0 bridgehead atoms. The number of carbonyl (C=O) groups excluding carboxylic acids is 1. The number of nitrogens with zero attached hydrogens (tertiary/aromatic N) is 2. The molecule has 0 radical (unpaired) electrons. The zero-order chi connectivity index (χ0) is 13.7. The van der Waals surface area contributed by atoms with Crippen LogP contribution in [0.4, 0.5) is 0 Å². The lowest BCUT2D eigenvalue weighted by Gasteiger charge is -2.26. The number of hydrogen-bond acceptors (Lipinski definition) is 4. The summed E-state index contributed by atoms with van der Waals surface area (Å²) < 4.78 is 4.67. The maximum atomic E-state index is 11.3. The van der Waals surface area contributed by atoms with Crippen molar-refractivity contribution in [1.82, 2.24) is 9.88 Å². The fourth-order valence-corrected chi connectivity index (χ4v) is 2.73. The summed E-state index contributed by atoms with van der Waals surface area (Å²) in [5.74, 6) is -0.331. The minimum absolute atomic E-state index is 0.331. The van der Waals surface area contributed by atoms with Crippen LogP contribution >= 0.6 is 0 Å². The normalized spacial score (nSPS) is 15.9. The number of rotatable bonds is 5. The third-order valence-electron chi connectivity index (χ3n) is 3.86. The molecular weight excluding hydrogens is 240 g/mol. The van der Waals surface area contributed by atoms with Gasteiger partial charge < -0.3 is 4.74 Å². The maximum absolute atomic E-state index is 11.3. The second-order valence-electron chi connectivity index (χ2n) is 5.03. The van der Waals surface area contributed by atoms with E-state index in [4.69, 9.17) is 0 Å². The lowest BCUT2D eigenvalue weighted by atomic mass is 10.2. The molecule has 0 amide bonds. The molecular formula is C15H22N2O2. The van der Waals surface area contributed by atoms with Gasteiger partial charge in [0.15, 0.2) is 0 Å². The Labute approximate surface area is 114 Å². The Morgan fingerprint density at radius 3 is 2.68 bits per heavy atom. The number of ether oxygens (including phenoxy) is 1. The van der Waals surface area contributed by atoms with E-state index < -0.39 is 0 Å². The first-order valence-corrected chi connectivity index (χ1v) is 7.02. The van der Waals surface area contributed by atoms with E-state index in [0.717, 1.165) is 18.8 Å². The number of methoxy groups -OCH3 is 1. The molecule has 1 aromatic rings. The minimum atomic E-state index is -0.331. The van der Waals surface area contributed by atoms with E-state index in [9.17, 15) is 4.79 Å². The van der Waals surface area contributed by atoms with Gasteiger partial charge in [-0.15, -0.1) is 0 Å². The highest BCUT2D eigenvalue weighted by Gasteiger charge is 2.21. The summed E-state index contributed by atoms with van der Waals surface area (Å²) in [5.41, 5.74) is 1.52. The van der Waals surface area contributed by atoms with Crippen LogP contribution in [0.2, 0.25) is 0 Å². The van der Waals surface area contributed by atoms with E-state index in [1.54, 1.807) is 12.3 Å². The second kappa shape index (κ2) is 6.66. The van der Waals surface area contributed by atoms with Gasteiger partial charge in [0, 0.05) is 18.8 Å². The van der Waals surface area contributed by atoms with Crippen LogP contribution in [0.3, 0.4) is 0 Å². The van der Waals surface area contributed by atoms with Crippen molar-refractivity contribution in [2.24, 2.45) is 0 Å². The van der Waals surface area contributed by atoms with Crippen molar-refractivity contribution in [2.75, 3.05) is 13.7 Å². The zero-order valence-corrected chi connectivity index (χ0v) is 11.8.